The van der Waals surface area contributed by atoms with E-state index in [9.17, 15) is 4.79 Å². The molecular formula is C17H21ClN4O2. The van der Waals surface area contributed by atoms with Crippen LogP contribution < -0.4 is 5.73 Å². The van der Waals surface area contributed by atoms with Crippen LogP contribution in [0.15, 0.2) is 29.3 Å². The number of carbonyl (C=O) groups is 1. The first-order valence-corrected chi connectivity index (χ1v) is 8.17. The highest BCUT2D eigenvalue weighted by Crippen LogP contribution is 2.37. The number of hydrogen-bond donors (Lipinski definition) is 1. The molecule has 1 heterocycles. The molecule has 6 nitrogen and oxygen atoms in total. The highest BCUT2D eigenvalue weighted by Gasteiger charge is 2.25. The van der Waals surface area contributed by atoms with Crippen LogP contribution in [-0.4, -0.2) is 28.8 Å². The second-order valence-corrected chi connectivity index (χ2v) is 5.99. The van der Waals surface area contributed by atoms with E-state index in [1.165, 1.54) is 0 Å². The van der Waals surface area contributed by atoms with Crippen LogP contribution in [0.3, 0.4) is 0 Å². The third-order valence-corrected chi connectivity index (χ3v) is 3.62. The number of benzene rings is 1. The minimum atomic E-state index is -0.570. The van der Waals surface area contributed by atoms with E-state index in [1.54, 1.807) is 12.1 Å². The molecule has 0 saturated carbocycles. The number of hydrogen-bond acceptors (Lipinski definition) is 4. The van der Waals surface area contributed by atoms with Crippen LogP contribution >= 0.6 is 11.6 Å². The Hall–Kier alpha value is -2.34. The molecule has 0 bridgehead atoms. The zero-order valence-electron chi connectivity index (χ0n) is 14.0. The van der Waals surface area contributed by atoms with Crippen LogP contribution in [0.25, 0.3) is 11.1 Å². The standard InChI is InChI=1S/C17H21ClN4O2/c1-4-9-24-17(23)22-16(20-10-19)14(15(21-22)11(2)3)12-5-7-13(18)8-6-12/h5-8,10-11H,4,9H2,1-3H3,(H2,19,20). The fourth-order valence-corrected chi connectivity index (χ4v) is 2.42. The summed E-state index contributed by atoms with van der Waals surface area (Å²) in [5.41, 5.74) is 7.83. The Morgan fingerprint density at radius 2 is 2.08 bits per heavy atom. The topological polar surface area (TPSA) is 82.5 Å². The van der Waals surface area contributed by atoms with E-state index in [2.05, 4.69) is 10.1 Å². The predicted molar refractivity (Wildman–Crippen MR) is 96.1 cm³/mol. The number of rotatable bonds is 5. The maximum absolute atomic E-state index is 12.3. The fraction of sp³-hybridized carbons (Fsp3) is 0.353. The van der Waals surface area contributed by atoms with Crippen molar-refractivity contribution in [1.29, 1.82) is 0 Å². The second-order valence-electron chi connectivity index (χ2n) is 5.55. The van der Waals surface area contributed by atoms with Gasteiger partial charge in [-0.2, -0.15) is 5.10 Å². The highest BCUT2D eigenvalue weighted by atomic mass is 35.5. The number of nitrogens with two attached hydrogens (primary N) is 1. The fourth-order valence-electron chi connectivity index (χ4n) is 2.29. The molecule has 1 aromatic carbocycles. The summed E-state index contributed by atoms with van der Waals surface area (Å²) in [6.45, 7) is 6.24. The van der Waals surface area contributed by atoms with Crippen LogP contribution in [0.2, 0.25) is 5.02 Å². The smallest absolute Gasteiger partial charge is 0.436 e. The SMILES string of the molecule is CCCOC(=O)n1nc(C(C)C)c(-c2ccc(Cl)cc2)c1/N=C\N. The van der Waals surface area contributed by atoms with E-state index in [0.717, 1.165) is 34.3 Å². The number of nitrogens with zero attached hydrogens (tertiary/aromatic N) is 3. The zero-order valence-corrected chi connectivity index (χ0v) is 14.7. The molecule has 0 amide bonds. The van der Waals surface area contributed by atoms with Gasteiger partial charge in [-0.25, -0.2) is 9.79 Å². The Balaban J connectivity index is 2.64. The maximum Gasteiger partial charge on any atom is 0.436 e. The van der Waals surface area contributed by atoms with Crippen LogP contribution in [0.1, 0.15) is 38.8 Å². The Kier molecular flexibility index (Phi) is 5.98. The highest BCUT2D eigenvalue weighted by molar-refractivity contribution is 6.30. The molecule has 0 unspecified atom stereocenters. The first-order chi connectivity index (χ1) is 11.5. The monoisotopic (exact) mass is 348 g/mol. The van der Waals surface area contributed by atoms with E-state index >= 15 is 0 Å². The van der Waals surface area contributed by atoms with Gasteiger partial charge in [-0.15, -0.1) is 4.68 Å². The minimum Gasteiger partial charge on any atom is -0.448 e. The van der Waals surface area contributed by atoms with Crippen molar-refractivity contribution in [1.82, 2.24) is 9.78 Å². The third-order valence-electron chi connectivity index (χ3n) is 3.37. The van der Waals surface area contributed by atoms with Gasteiger partial charge in [0, 0.05) is 5.02 Å². The normalized spacial score (nSPS) is 11.4. The molecule has 0 aliphatic carbocycles. The van der Waals surface area contributed by atoms with Crippen molar-refractivity contribution in [2.45, 2.75) is 33.1 Å². The van der Waals surface area contributed by atoms with Gasteiger partial charge in [0.25, 0.3) is 0 Å². The Labute approximate surface area is 146 Å². The van der Waals surface area contributed by atoms with Gasteiger partial charge >= 0.3 is 6.09 Å². The Morgan fingerprint density at radius 1 is 1.42 bits per heavy atom. The summed E-state index contributed by atoms with van der Waals surface area (Å²) in [6.07, 6.45) is 1.30. The summed E-state index contributed by atoms with van der Waals surface area (Å²) in [7, 11) is 0. The van der Waals surface area contributed by atoms with Crippen molar-refractivity contribution in [3.05, 3.63) is 35.0 Å². The molecule has 128 valence electrons. The molecule has 24 heavy (non-hydrogen) atoms. The molecule has 0 radical (unpaired) electrons. The summed E-state index contributed by atoms with van der Waals surface area (Å²) in [5, 5.41) is 5.05. The van der Waals surface area contributed by atoms with Crippen LogP contribution in [-0.2, 0) is 4.74 Å². The van der Waals surface area contributed by atoms with Crippen molar-refractivity contribution < 1.29 is 9.53 Å². The minimum absolute atomic E-state index is 0.0858. The predicted octanol–water partition coefficient (Wildman–Crippen LogP) is 4.34. The number of aromatic nitrogens is 2. The lowest BCUT2D eigenvalue weighted by atomic mass is 9.99. The van der Waals surface area contributed by atoms with Crippen molar-refractivity contribution in [2.75, 3.05) is 6.61 Å². The van der Waals surface area contributed by atoms with Crippen LogP contribution in [0.4, 0.5) is 10.6 Å². The summed E-state index contributed by atoms with van der Waals surface area (Å²) in [5.74, 6) is 0.437. The van der Waals surface area contributed by atoms with Crippen molar-refractivity contribution in [3.63, 3.8) is 0 Å². The average molecular weight is 349 g/mol. The van der Waals surface area contributed by atoms with E-state index in [0.29, 0.717) is 17.4 Å². The molecule has 0 spiro atoms. The van der Waals surface area contributed by atoms with Gasteiger partial charge in [-0.3, -0.25) is 0 Å². The van der Waals surface area contributed by atoms with Crippen molar-refractivity contribution in [2.24, 2.45) is 10.7 Å². The molecule has 2 N–H and O–H groups in total. The Bertz CT molecular complexity index is 736. The number of halogens is 1. The van der Waals surface area contributed by atoms with Crippen LogP contribution in [0, 0.1) is 0 Å². The Morgan fingerprint density at radius 3 is 2.62 bits per heavy atom. The quantitative estimate of drug-likeness (QED) is 0.643. The summed E-state index contributed by atoms with van der Waals surface area (Å²) in [6, 6.07) is 7.29. The van der Waals surface area contributed by atoms with Gasteiger partial charge < -0.3 is 10.5 Å². The van der Waals surface area contributed by atoms with Gasteiger partial charge in [0.05, 0.1) is 24.2 Å². The van der Waals surface area contributed by atoms with E-state index in [1.807, 2.05) is 32.9 Å². The molecule has 0 atom stereocenters. The molecule has 0 aliphatic heterocycles. The zero-order chi connectivity index (χ0) is 17.7. The van der Waals surface area contributed by atoms with Gasteiger partial charge in [-0.05, 0) is 30.0 Å². The average Bonchev–Trinajstić information content (AvgIpc) is 2.93. The molecule has 0 fully saturated rings. The molecule has 1 aromatic heterocycles. The van der Waals surface area contributed by atoms with E-state index in [4.69, 9.17) is 22.1 Å². The molecule has 2 aromatic rings. The van der Waals surface area contributed by atoms with Crippen LogP contribution in [0.5, 0.6) is 0 Å². The molecule has 0 aliphatic rings. The molecule has 7 heteroatoms. The molecule has 2 rings (SSSR count). The maximum atomic E-state index is 12.3. The van der Waals surface area contributed by atoms with E-state index in [-0.39, 0.29) is 5.92 Å². The number of carbonyl (C=O) groups excluding carboxylic acids is 1. The summed E-state index contributed by atoms with van der Waals surface area (Å²) < 4.78 is 6.36. The van der Waals surface area contributed by atoms with Crippen molar-refractivity contribution in [3.8, 4) is 11.1 Å². The lowest BCUT2D eigenvalue weighted by Gasteiger charge is -2.07. The van der Waals surface area contributed by atoms with Gasteiger partial charge in [0.15, 0.2) is 5.82 Å². The van der Waals surface area contributed by atoms with Crippen molar-refractivity contribution >= 4 is 29.9 Å². The number of ether oxygens (including phenoxy) is 1. The van der Waals surface area contributed by atoms with E-state index < -0.39 is 6.09 Å². The summed E-state index contributed by atoms with van der Waals surface area (Å²) in [4.78, 5) is 16.5. The lowest BCUT2D eigenvalue weighted by molar-refractivity contribution is 0.145. The first-order valence-electron chi connectivity index (χ1n) is 7.79. The van der Waals surface area contributed by atoms with Gasteiger partial charge in [0.2, 0.25) is 0 Å². The molecule has 0 saturated heterocycles. The van der Waals surface area contributed by atoms with Gasteiger partial charge in [0.1, 0.15) is 0 Å². The molecular weight excluding hydrogens is 328 g/mol. The second kappa shape index (κ2) is 7.97. The first kappa shape index (κ1) is 18.0. The summed E-state index contributed by atoms with van der Waals surface area (Å²) >= 11 is 5.97. The lowest BCUT2D eigenvalue weighted by Crippen LogP contribution is -2.16. The third kappa shape index (κ3) is 3.76. The largest absolute Gasteiger partial charge is 0.448 e. The van der Waals surface area contributed by atoms with Gasteiger partial charge in [-0.1, -0.05) is 44.5 Å². The number of aliphatic imine (C=N–C) groups is 1.